The summed E-state index contributed by atoms with van der Waals surface area (Å²) in [6, 6.07) is 0. The number of hydrogen-bond donors (Lipinski definition) is 1. The Balaban J connectivity index is 2.53. The molecule has 1 aliphatic carbocycles. The van der Waals surface area contributed by atoms with Gasteiger partial charge in [0.05, 0.1) is 14.0 Å². The van der Waals surface area contributed by atoms with Crippen molar-refractivity contribution in [2.45, 2.75) is 38.6 Å². The van der Waals surface area contributed by atoms with Crippen molar-refractivity contribution in [1.82, 2.24) is 0 Å². The van der Waals surface area contributed by atoms with Crippen LogP contribution < -0.4 is 0 Å². The summed E-state index contributed by atoms with van der Waals surface area (Å²) in [7, 11) is 5.68. The molecule has 1 nitrogen and oxygen atoms in total. The molecule has 1 rings (SSSR count). The molecule has 2 radical (unpaired) electrons. The molecule has 1 saturated carbocycles. The fraction of sp³-hybridized carbons (Fsp3) is 1.00. The van der Waals surface area contributed by atoms with E-state index >= 15 is 0 Å². The van der Waals surface area contributed by atoms with Gasteiger partial charge in [0.2, 0.25) is 0 Å². The summed E-state index contributed by atoms with van der Waals surface area (Å²) < 4.78 is 0. The summed E-state index contributed by atoms with van der Waals surface area (Å²) in [4.78, 5) is 0. The highest BCUT2D eigenvalue weighted by Crippen LogP contribution is 2.39. The van der Waals surface area contributed by atoms with Crippen LogP contribution in [0.25, 0.3) is 0 Å². The van der Waals surface area contributed by atoms with E-state index < -0.39 is 0 Å². The van der Waals surface area contributed by atoms with Crippen molar-refractivity contribution < 1.29 is 5.11 Å². The predicted molar refractivity (Wildman–Crippen MR) is 43.1 cm³/mol. The zero-order valence-corrected chi connectivity index (χ0v) is 6.75. The largest absolute Gasteiger partial charge is 0.393 e. The zero-order chi connectivity index (χ0) is 7.72. The van der Waals surface area contributed by atoms with Crippen LogP contribution >= 0.6 is 0 Å². The second-order valence-electron chi connectivity index (χ2n) is 3.42. The smallest absolute Gasteiger partial charge is 0.0734 e. The van der Waals surface area contributed by atoms with Crippen LogP contribution in [0.5, 0.6) is 0 Å². The Morgan fingerprint density at radius 3 is 2.40 bits per heavy atom. The molecule has 0 saturated heterocycles. The number of hydrogen-bond acceptors (Lipinski definition) is 1. The molecule has 56 valence electrons. The van der Waals surface area contributed by atoms with E-state index in [0.29, 0.717) is 11.8 Å². The van der Waals surface area contributed by atoms with Gasteiger partial charge in [0.25, 0.3) is 0 Å². The Morgan fingerprint density at radius 2 is 2.20 bits per heavy atom. The lowest BCUT2D eigenvalue weighted by atomic mass is 9.83. The first-order valence-electron chi connectivity index (χ1n) is 4.10. The normalized spacial score (nSPS) is 47.9. The maximum atomic E-state index is 9.44. The molecule has 2 heteroatoms. The lowest BCUT2D eigenvalue weighted by Crippen LogP contribution is -2.17. The van der Waals surface area contributed by atoms with Gasteiger partial charge in [-0.2, -0.15) is 0 Å². The quantitative estimate of drug-likeness (QED) is 0.542. The molecule has 4 unspecified atom stereocenters. The Labute approximate surface area is 64.2 Å². The molecule has 0 aromatic heterocycles. The maximum Gasteiger partial charge on any atom is 0.0734 e. The number of rotatable bonds is 1. The van der Waals surface area contributed by atoms with Gasteiger partial charge in [0, 0.05) is 0 Å². The van der Waals surface area contributed by atoms with Crippen molar-refractivity contribution in [2.24, 2.45) is 11.8 Å². The minimum Gasteiger partial charge on any atom is -0.393 e. The van der Waals surface area contributed by atoms with Crippen LogP contribution in [0.15, 0.2) is 0 Å². The van der Waals surface area contributed by atoms with Crippen LogP contribution in [-0.2, 0) is 0 Å². The SMILES string of the molecule is [B]C1CC(CC)C(C)C1O. The van der Waals surface area contributed by atoms with E-state index in [1.54, 1.807) is 0 Å². The first kappa shape index (κ1) is 8.12. The molecule has 0 aliphatic heterocycles. The Kier molecular flexibility index (Phi) is 2.40. The molecular formula is C8H15BO. The average molecular weight is 138 g/mol. The standard InChI is InChI=1S/C8H15BO/c1-3-6-4-7(9)8(10)5(6)2/h5-8,10H,3-4H2,1-2H3. The van der Waals surface area contributed by atoms with Crippen LogP contribution in [0.4, 0.5) is 0 Å². The van der Waals surface area contributed by atoms with E-state index in [0.717, 1.165) is 12.8 Å². The highest BCUT2D eigenvalue weighted by atomic mass is 16.3. The van der Waals surface area contributed by atoms with Crippen LogP contribution in [0.3, 0.4) is 0 Å². The molecular weight excluding hydrogens is 123 g/mol. The fourth-order valence-electron chi connectivity index (χ4n) is 1.91. The van der Waals surface area contributed by atoms with Crippen molar-refractivity contribution in [3.05, 3.63) is 0 Å². The van der Waals surface area contributed by atoms with Crippen molar-refractivity contribution >= 4 is 7.85 Å². The van der Waals surface area contributed by atoms with E-state index in [4.69, 9.17) is 7.85 Å². The van der Waals surface area contributed by atoms with Crippen molar-refractivity contribution in [3.8, 4) is 0 Å². The van der Waals surface area contributed by atoms with Gasteiger partial charge >= 0.3 is 0 Å². The van der Waals surface area contributed by atoms with E-state index in [-0.39, 0.29) is 11.9 Å². The molecule has 0 amide bonds. The summed E-state index contributed by atoms with van der Waals surface area (Å²) in [5.41, 5.74) is 0. The summed E-state index contributed by atoms with van der Waals surface area (Å²) >= 11 is 0. The van der Waals surface area contributed by atoms with Crippen molar-refractivity contribution in [2.75, 3.05) is 0 Å². The highest BCUT2D eigenvalue weighted by molar-refractivity contribution is 6.12. The molecule has 0 aromatic carbocycles. The molecule has 4 atom stereocenters. The Morgan fingerprint density at radius 1 is 1.60 bits per heavy atom. The van der Waals surface area contributed by atoms with E-state index in [1.165, 1.54) is 0 Å². The summed E-state index contributed by atoms with van der Waals surface area (Å²) in [5, 5.41) is 9.44. The van der Waals surface area contributed by atoms with E-state index in [2.05, 4.69) is 13.8 Å². The highest BCUT2D eigenvalue weighted by Gasteiger charge is 2.35. The van der Waals surface area contributed by atoms with Gasteiger partial charge in [-0.1, -0.05) is 32.5 Å². The van der Waals surface area contributed by atoms with Crippen molar-refractivity contribution in [3.63, 3.8) is 0 Å². The van der Waals surface area contributed by atoms with Gasteiger partial charge in [0.15, 0.2) is 0 Å². The maximum absolute atomic E-state index is 9.44. The van der Waals surface area contributed by atoms with Crippen LogP contribution in [0.1, 0.15) is 26.7 Å². The van der Waals surface area contributed by atoms with Crippen LogP contribution in [0.2, 0.25) is 5.82 Å². The minimum atomic E-state index is -0.259. The van der Waals surface area contributed by atoms with Crippen LogP contribution in [-0.4, -0.2) is 19.1 Å². The molecule has 0 aromatic rings. The second-order valence-corrected chi connectivity index (χ2v) is 3.42. The topological polar surface area (TPSA) is 20.2 Å². The van der Waals surface area contributed by atoms with Gasteiger partial charge in [-0.05, 0) is 11.8 Å². The fourth-order valence-corrected chi connectivity index (χ4v) is 1.91. The molecule has 1 fully saturated rings. The van der Waals surface area contributed by atoms with E-state index in [1.807, 2.05) is 0 Å². The van der Waals surface area contributed by atoms with Gasteiger partial charge in [-0.3, -0.25) is 0 Å². The van der Waals surface area contributed by atoms with Gasteiger partial charge in [-0.15, -0.1) is 0 Å². The molecule has 0 spiro atoms. The molecule has 0 heterocycles. The minimum absolute atomic E-state index is 0.0277. The molecule has 10 heavy (non-hydrogen) atoms. The third-order valence-electron chi connectivity index (χ3n) is 2.82. The second kappa shape index (κ2) is 2.95. The Bertz CT molecular complexity index is 116. The third-order valence-corrected chi connectivity index (χ3v) is 2.82. The Hall–Kier alpha value is 0.0249. The first-order chi connectivity index (χ1) is 4.66. The van der Waals surface area contributed by atoms with Crippen molar-refractivity contribution in [1.29, 1.82) is 0 Å². The third kappa shape index (κ3) is 1.22. The molecule has 0 bridgehead atoms. The van der Waals surface area contributed by atoms with E-state index in [9.17, 15) is 5.11 Å². The summed E-state index contributed by atoms with van der Waals surface area (Å²) in [6.07, 6.45) is 1.88. The summed E-state index contributed by atoms with van der Waals surface area (Å²) in [6.45, 7) is 4.25. The predicted octanol–water partition coefficient (Wildman–Crippen LogP) is 1.37. The average Bonchev–Trinajstić information content (AvgIpc) is 2.17. The summed E-state index contributed by atoms with van der Waals surface area (Å²) in [5.74, 6) is 1.07. The number of aliphatic hydroxyl groups excluding tert-OH is 1. The van der Waals surface area contributed by atoms with Gasteiger partial charge in [0.1, 0.15) is 0 Å². The van der Waals surface area contributed by atoms with Gasteiger partial charge in [-0.25, -0.2) is 0 Å². The molecule has 1 aliphatic rings. The lowest BCUT2D eigenvalue weighted by molar-refractivity contribution is 0.127. The first-order valence-corrected chi connectivity index (χ1v) is 4.10. The lowest BCUT2D eigenvalue weighted by Gasteiger charge is -2.15. The number of aliphatic hydroxyl groups is 1. The van der Waals surface area contributed by atoms with Gasteiger partial charge < -0.3 is 5.11 Å². The molecule has 1 N–H and O–H groups in total. The van der Waals surface area contributed by atoms with Crippen LogP contribution in [0, 0.1) is 11.8 Å². The monoisotopic (exact) mass is 138 g/mol. The zero-order valence-electron chi connectivity index (χ0n) is 6.75.